The zero-order chi connectivity index (χ0) is 16.9. The first kappa shape index (κ1) is 15.9. The van der Waals surface area contributed by atoms with Crippen molar-refractivity contribution < 1.29 is 0 Å². The summed E-state index contributed by atoms with van der Waals surface area (Å²) in [5.74, 6) is 2.31. The number of pyridine rings is 1. The van der Waals surface area contributed by atoms with Crippen molar-refractivity contribution in [1.29, 1.82) is 0 Å². The quantitative estimate of drug-likeness (QED) is 0.739. The number of benzene rings is 1. The lowest BCUT2D eigenvalue weighted by atomic mass is 10.1. The zero-order valence-electron chi connectivity index (χ0n) is 14.2. The molecule has 0 aliphatic heterocycles. The predicted molar refractivity (Wildman–Crippen MR) is 97.5 cm³/mol. The van der Waals surface area contributed by atoms with Gasteiger partial charge in [0.05, 0.1) is 0 Å². The first-order valence-corrected chi connectivity index (χ1v) is 7.93. The van der Waals surface area contributed by atoms with Crippen LogP contribution in [-0.2, 0) is 6.54 Å². The number of aryl methyl sites for hydroxylation is 3. The van der Waals surface area contributed by atoms with Crippen molar-refractivity contribution in [2.75, 3.05) is 10.6 Å². The summed E-state index contributed by atoms with van der Waals surface area (Å²) in [5.41, 5.74) is 4.62. The van der Waals surface area contributed by atoms with Crippen LogP contribution in [0, 0.1) is 20.8 Å². The normalized spacial score (nSPS) is 10.5. The molecule has 0 fully saturated rings. The minimum Gasteiger partial charge on any atom is -0.366 e. The molecule has 0 saturated carbocycles. The van der Waals surface area contributed by atoms with E-state index in [4.69, 9.17) is 0 Å². The summed E-state index contributed by atoms with van der Waals surface area (Å²) in [5, 5.41) is 6.73. The molecule has 0 aliphatic carbocycles. The molecule has 5 nitrogen and oxygen atoms in total. The third kappa shape index (κ3) is 4.07. The second kappa shape index (κ2) is 7.08. The van der Waals surface area contributed by atoms with Gasteiger partial charge in [0.15, 0.2) is 0 Å². The lowest BCUT2D eigenvalue weighted by Crippen LogP contribution is -2.05. The van der Waals surface area contributed by atoms with Gasteiger partial charge >= 0.3 is 0 Å². The number of nitrogens with zero attached hydrogens (tertiary/aromatic N) is 3. The molecule has 0 amide bonds. The fourth-order valence-corrected chi connectivity index (χ4v) is 2.42. The Morgan fingerprint density at radius 2 is 1.62 bits per heavy atom. The molecular formula is C19H21N5. The van der Waals surface area contributed by atoms with Crippen molar-refractivity contribution in [2.45, 2.75) is 27.3 Å². The summed E-state index contributed by atoms with van der Waals surface area (Å²) in [6, 6.07) is 12.2. The van der Waals surface area contributed by atoms with E-state index in [0.717, 1.165) is 28.7 Å². The summed E-state index contributed by atoms with van der Waals surface area (Å²) in [7, 11) is 0. The Balaban J connectivity index is 1.77. The van der Waals surface area contributed by atoms with Gasteiger partial charge in [0.1, 0.15) is 17.5 Å². The second-order valence-electron chi connectivity index (χ2n) is 5.84. The Labute approximate surface area is 142 Å². The summed E-state index contributed by atoms with van der Waals surface area (Å²) < 4.78 is 0. The SMILES string of the molecule is Cc1ccc(C)c(Nc2cc(NCc3ccncc3)nc(C)n2)c1. The molecular weight excluding hydrogens is 298 g/mol. The van der Waals surface area contributed by atoms with E-state index < -0.39 is 0 Å². The average Bonchev–Trinajstić information content (AvgIpc) is 2.57. The summed E-state index contributed by atoms with van der Waals surface area (Å²) in [4.78, 5) is 13.0. The highest BCUT2D eigenvalue weighted by Crippen LogP contribution is 2.22. The molecule has 0 aliphatic rings. The Hall–Kier alpha value is -2.95. The van der Waals surface area contributed by atoms with E-state index in [9.17, 15) is 0 Å². The van der Waals surface area contributed by atoms with Crippen LogP contribution in [0.1, 0.15) is 22.5 Å². The van der Waals surface area contributed by atoms with Gasteiger partial charge in [-0.2, -0.15) is 0 Å². The lowest BCUT2D eigenvalue weighted by molar-refractivity contribution is 1.02. The number of anilines is 3. The fraction of sp³-hybridized carbons (Fsp3) is 0.211. The number of rotatable bonds is 5. The van der Waals surface area contributed by atoms with Crippen LogP contribution in [0.4, 0.5) is 17.3 Å². The molecule has 0 spiro atoms. The molecule has 5 heteroatoms. The largest absolute Gasteiger partial charge is 0.366 e. The van der Waals surface area contributed by atoms with Gasteiger partial charge in [-0.25, -0.2) is 9.97 Å². The minimum atomic E-state index is 0.696. The lowest BCUT2D eigenvalue weighted by Gasteiger charge is -2.12. The van der Waals surface area contributed by atoms with E-state index in [1.165, 1.54) is 11.1 Å². The highest BCUT2D eigenvalue weighted by molar-refractivity contribution is 5.63. The first-order chi connectivity index (χ1) is 11.6. The van der Waals surface area contributed by atoms with E-state index >= 15 is 0 Å². The minimum absolute atomic E-state index is 0.696. The number of aromatic nitrogens is 3. The van der Waals surface area contributed by atoms with Crippen LogP contribution in [0.25, 0.3) is 0 Å². The standard InChI is InChI=1S/C19H21N5/c1-13-4-5-14(2)17(10-13)24-19-11-18(22-15(3)23-19)21-12-16-6-8-20-9-7-16/h4-11H,12H2,1-3H3,(H2,21,22,23,24). The van der Waals surface area contributed by atoms with Crippen LogP contribution in [0.5, 0.6) is 0 Å². The van der Waals surface area contributed by atoms with Gasteiger partial charge in [-0.05, 0) is 55.7 Å². The molecule has 2 heterocycles. The van der Waals surface area contributed by atoms with Gasteiger partial charge in [0.25, 0.3) is 0 Å². The number of nitrogens with one attached hydrogen (secondary N) is 2. The molecule has 2 N–H and O–H groups in total. The molecule has 2 aromatic heterocycles. The zero-order valence-corrected chi connectivity index (χ0v) is 14.2. The third-order valence-corrected chi connectivity index (χ3v) is 3.72. The monoisotopic (exact) mass is 319 g/mol. The van der Waals surface area contributed by atoms with Gasteiger partial charge in [0, 0.05) is 30.7 Å². The van der Waals surface area contributed by atoms with E-state index in [1.807, 2.05) is 25.1 Å². The molecule has 0 atom stereocenters. The van der Waals surface area contributed by atoms with Crippen molar-refractivity contribution in [3.05, 3.63) is 71.3 Å². The molecule has 24 heavy (non-hydrogen) atoms. The Kier molecular flexibility index (Phi) is 4.70. The van der Waals surface area contributed by atoms with E-state index in [-0.39, 0.29) is 0 Å². The van der Waals surface area contributed by atoms with Crippen molar-refractivity contribution in [2.24, 2.45) is 0 Å². The van der Waals surface area contributed by atoms with Crippen molar-refractivity contribution in [3.8, 4) is 0 Å². The van der Waals surface area contributed by atoms with Gasteiger partial charge < -0.3 is 10.6 Å². The van der Waals surface area contributed by atoms with Crippen LogP contribution in [0.2, 0.25) is 0 Å². The van der Waals surface area contributed by atoms with Gasteiger partial charge in [-0.1, -0.05) is 12.1 Å². The summed E-state index contributed by atoms with van der Waals surface area (Å²) in [6.07, 6.45) is 3.57. The maximum atomic E-state index is 4.48. The number of hydrogen-bond acceptors (Lipinski definition) is 5. The Morgan fingerprint density at radius 3 is 2.42 bits per heavy atom. The van der Waals surface area contributed by atoms with E-state index in [1.54, 1.807) is 12.4 Å². The maximum absolute atomic E-state index is 4.48. The topological polar surface area (TPSA) is 62.7 Å². The van der Waals surface area contributed by atoms with Crippen LogP contribution in [-0.4, -0.2) is 15.0 Å². The smallest absolute Gasteiger partial charge is 0.136 e. The van der Waals surface area contributed by atoms with Crippen molar-refractivity contribution in [3.63, 3.8) is 0 Å². The number of hydrogen-bond donors (Lipinski definition) is 2. The highest BCUT2D eigenvalue weighted by Gasteiger charge is 2.05. The van der Waals surface area contributed by atoms with Gasteiger partial charge in [0.2, 0.25) is 0 Å². The maximum Gasteiger partial charge on any atom is 0.136 e. The molecule has 0 unspecified atom stereocenters. The molecule has 3 rings (SSSR count). The van der Waals surface area contributed by atoms with E-state index in [0.29, 0.717) is 6.54 Å². The third-order valence-electron chi connectivity index (χ3n) is 3.72. The summed E-state index contributed by atoms with van der Waals surface area (Å²) in [6.45, 7) is 6.75. The molecule has 0 bridgehead atoms. The van der Waals surface area contributed by atoms with Crippen molar-refractivity contribution in [1.82, 2.24) is 15.0 Å². The van der Waals surface area contributed by atoms with Crippen LogP contribution in [0.3, 0.4) is 0 Å². The Bertz CT molecular complexity index is 830. The highest BCUT2D eigenvalue weighted by atomic mass is 15.1. The predicted octanol–water partition coefficient (Wildman–Crippen LogP) is 4.15. The molecule has 3 aromatic rings. The molecule has 1 aromatic carbocycles. The van der Waals surface area contributed by atoms with Crippen LogP contribution in [0.15, 0.2) is 48.8 Å². The van der Waals surface area contributed by atoms with Gasteiger partial charge in [-0.15, -0.1) is 0 Å². The van der Waals surface area contributed by atoms with Crippen LogP contribution < -0.4 is 10.6 Å². The fourth-order valence-electron chi connectivity index (χ4n) is 2.42. The van der Waals surface area contributed by atoms with Gasteiger partial charge in [-0.3, -0.25) is 4.98 Å². The first-order valence-electron chi connectivity index (χ1n) is 7.93. The molecule has 0 saturated heterocycles. The average molecular weight is 319 g/mol. The van der Waals surface area contributed by atoms with Crippen molar-refractivity contribution >= 4 is 17.3 Å². The second-order valence-corrected chi connectivity index (χ2v) is 5.84. The van der Waals surface area contributed by atoms with E-state index in [2.05, 4.69) is 57.6 Å². The Morgan fingerprint density at radius 1 is 0.875 bits per heavy atom. The molecule has 0 radical (unpaired) electrons. The summed E-state index contributed by atoms with van der Waals surface area (Å²) >= 11 is 0. The molecule has 122 valence electrons. The van der Waals surface area contributed by atoms with Crippen LogP contribution >= 0.6 is 0 Å².